The van der Waals surface area contributed by atoms with Gasteiger partial charge >= 0.3 is 0 Å². The summed E-state index contributed by atoms with van der Waals surface area (Å²) in [7, 11) is 0. The molecule has 0 aliphatic carbocycles. The van der Waals surface area contributed by atoms with E-state index in [0.29, 0.717) is 16.1 Å². The molecule has 1 aliphatic rings. The average Bonchev–Trinajstić information content (AvgIpc) is 3.30. The lowest BCUT2D eigenvalue weighted by atomic mass is 9.96. The second-order valence-corrected chi connectivity index (χ2v) is 9.22. The predicted molar refractivity (Wildman–Crippen MR) is 131 cm³/mol. The van der Waals surface area contributed by atoms with Gasteiger partial charge in [-0.2, -0.15) is 5.53 Å². The van der Waals surface area contributed by atoms with E-state index in [9.17, 15) is 0 Å². The van der Waals surface area contributed by atoms with E-state index in [1.165, 1.54) is 0 Å². The van der Waals surface area contributed by atoms with Crippen LogP contribution >= 0.6 is 11.6 Å². The summed E-state index contributed by atoms with van der Waals surface area (Å²) in [6, 6.07) is 7.64. The van der Waals surface area contributed by atoms with Crippen molar-refractivity contribution >= 4 is 33.9 Å². The number of aromatic nitrogens is 2. The van der Waals surface area contributed by atoms with Crippen LogP contribution in [0.4, 0.5) is 11.4 Å². The second kappa shape index (κ2) is 8.95. The quantitative estimate of drug-likeness (QED) is 0.359. The first-order valence-corrected chi connectivity index (χ1v) is 10.7. The highest BCUT2D eigenvalue weighted by Gasteiger charge is 2.21. The van der Waals surface area contributed by atoms with Crippen LogP contribution in [-0.4, -0.2) is 16.5 Å². The van der Waals surface area contributed by atoms with Crippen LogP contribution in [-0.2, 0) is 0 Å². The van der Waals surface area contributed by atoms with Crippen LogP contribution in [0.25, 0.3) is 10.9 Å². The van der Waals surface area contributed by atoms with Crippen molar-refractivity contribution in [3.63, 3.8) is 0 Å². The Balaban J connectivity index is 1.78. The van der Waals surface area contributed by atoms with Gasteiger partial charge < -0.3 is 21.5 Å². The summed E-state index contributed by atoms with van der Waals surface area (Å²) in [5, 5.41) is 8.50. The number of nitrogens with one attached hydrogen (secondary N) is 5. The van der Waals surface area contributed by atoms with E-state index < -0.39 is 0 Å². The van der Waals surface area contributed by atoms with Crippen LogP contribution in [0, 0.1) is 17.8 Å². The van der Waals surface area contributed by atoms with E-state index in [1.807, 2.05) is 36.7 Å². The molecule has 3 heterocycles. The Hall–Kier alpha value is -3.47. The maximum Gasteiger partial charge on any atom is 0.0959 e. The summed E-state index contributed by atoms with van der Waals surface area (Å²) < 4.78 is 0. The Bertz CT molecular complexity index is 1190. The van der Waals surface area contributed by atoms with Gasteiger partial charge in [0.05, 0.1) is 33.5 Å². The number of nitrogens with zero attached hydrogens (tertiary/aromatic N) is 2. The van der Waals surface area contributed by atoms with Gasteiger partial charge in [-0.1, -0.05) is 44.4 Å². The standard InChI is InChI=1S/C24H26ClN7/c1-5-15-12-27-23-18(21(15)28-14-24(2,3)4)9-17(10-19(23)25)30-22(20-13-29-32-31-20)16-7-6-8-26-11-16/h1,6-13,22,29-32H,14H2,2-4H3,(H,27,28)/t22-/m0/s1. The van der Waals surface area contributed by atoms with E-state index >= 15 is 0 Å². The number of hydrogen-bond acceptors (Lipinski definition) is 7. The molecule has 2 aromatic heterocycles. The number of anilines is 2. The van der Waals surface area contributed by atoms with Crippen molar-refractivity contribution in [3.8, 4) is 12.3 Å². The maximum absolute atomic E-state index is 6.66. The Kier molecular flexibility index (Phi) is 6.08. The number of halogens is 1. The molecule has 7 nitrogen and oxygen atoms in total. The number of terminal acetylenes is 1. The summed E-state index contributed by atoms with van der Waals surface area (Å²) in [5.74, 6) is 2.74. The molecule has 0 saturated heterocycles. The number of pyridine rings is 2. The molecular weight excluding hydrogens is 422 g/mol. The largest absolute Gasteiger partial charge is 0.383 e. The highest BCUT2D eigenvalue weighted by atomic mass is 35.5. The number of fused-ring (bicyclic) bond motifs is 1. The van der Waals surface area contributed by atoms with Gasteiger partial charge in [0.1, 0.15) is 0 Å². The van der Waals surface area contributed by atoms with Gasteiger partial charge in [0.2, 0.25) is 0 Å². The zero-order chi connectivity index (χ0) is 22.7. The zero-order valence-corrected chi connectivity index (χ0v) is 19.0. The molecule has 32 heavy (non-hydrogen) atoms. The number of hydrazine groups is 2. The Morgan fingerprint density at radius 3 is 2.75 bits per heavy atom. The fourth-order valence-corrected chi connectivity index (χ4v) is 3.73. The van der Waals surface area contributed by atoms with Crippen LogP contribution in [0.3, 0.4) is 0 Å². The van der Waals surface area contributed by atoms with Crippen molar-refractivity contribution in [2.75, 3.05) is 17.2 Å². The van der Waals surface area contributed by atoms with Gasteiger partial charge in [-0.05, 0) is 29.2 Å². The van der Waals surface area contributed by atoms with E-state index in [-0.39, 0.29) is 11.5 Å². The lowest BCUT2D eigenvalue weighted by molar-refractivity contribution is 0.443. The molecule has 5 N–H and O–H groups in total. The topological polar surface area (TPSA) is 85.9 Å². The van der Waals surface area contributed by atoms with Crippen LogP contribution in [0.15, 0.2) is 54.8 Å². The van der Waals surface area contributed by atoms with Crippen molar-refractivity contribution < 1.29 is 0 Å². The van der Waals surface area contributed by atoms with E-state index in [1.54, 1.807) is 12.4 Å². The van der Waals surface area contributed by atoms with E-state index in [0.717, 1.165) is 34.6 Å². The molecule has 4 rings (SSSR count). The van der Waals surface area contributed by atoms with Gasteiger partial charge in [0.25, 0.3) is 0 Å². The van der Waals surface area contributed by atoms with Crippen LogP contribution < -0.4 is 27.0 Å². The molecule has 1 atom stereocenters. The van der Waals surface area contributed by atoms with Crippen molar-refractivity contribution in [2.24, 2.45) is 5.41 Å². The molecule has 0 fully saturated rings. The molecule has 3 aromatic rings. The summed E-state index contributed by atoms with van der Waals surface area (Å²) in [4.78, 5) is 8.78. The normalized spacial score (nSPS) is 14.2. The smallest absolute Gasteiger partial charge is 0.0959 e. The highest BCUT2D eigenvalue weighted by molar-refractivity contribution is 6.35. The first kappa shape index (κ1) is 21.8. The first-order valence-electron chi connectivity index (χ1n) is 10.3. The third-order valence-corrected chi connectivity index (χ3v) is 5.31. The SMILES string of the molecule is C#Cc1cnc2c(Cl)cc(N[C@H](C3=CNNN3)c3cccnc3)cc2c1NCC(C)(C)C. The molecule has 0 saturated carbocycles. The minimum absolute atomic E-state index is 0.0765. The average molecular weight is 448 g/mol. The fraction of sp³-hybridized carbons (Fsp3) is 0.250. The lowest BCUT2D eigenvalue weighted by Gasteiger charge is -2.23. The lowest BCUT2D eigenvalue weighted by Crippen LogP contribution is -2.33. The van der Waals surface area contributed by atoms with Crippen LogP contribution in [0.5, 0.6) is 0 Å². The minimum atomic E-state index is -0.186. The molecule has 164 valence electrons. The van der Waals surface area contributed by atoms with Gasteiger partial charge in [-0.15, -0.1) is 6.42 Å². The molecule has 1 aromatic carbocycles. The van der Waals surface area contributed by atoms with Crippen molar-refractivity contribution in [1.82, 2.24) is 26.4 Å². The van der Waals surface area contributed by atoms with Gasteiger partial charge in [0, 0.05) is 42.4 Å². The summed E-state index contributed by atoms with van der Waals surface area (Å²) in [6.45, 7) is 7.26. The molecule has 0 spiro atoms. The number of hydrogen-bond donors (Lipinski definition) is 5. The first-order chi connectivity index (χ1) is 15.4. The minimum Gasteiger partial charge on any atom is -0.383 e. The third-order valence-electron chi connectivity index (χ3n) is 5.02. The molecule has 0 radical (unpaired) electrons. The summed E-state index contributed by atoms with van der Waals surface area (Å²) >= 11 is 6.66. The monoisotopic (exact) mass is 447 g/mol. The summed E-state index contributed by atoms with van der Waals surface area (Å²) in [5.41, 5.74) is 14.0. The van der Waals surface area contributed by atoms with Gasteiger partial charge in [-0.3, -0.25) is 9.97 Å². The van der Waals surface area contributed by atoms with Gasteiger partial charge in [0.15, 0.2) is 0 Å². The van der Waals surface area contributed by atoms with Crippen molar-refractivity contribution in [1.29, 1.82) is 0 Å². The molecule has 0 unspecified atom stereocenters. The molecular formula is C24H26ClN7. The third kappa shape index (κ3) is 4.72. The molecule has 8 heteroatoms. The maximum atomic E-state index is 6.66. The van der Waals surface area contributed by atoms with Crippen molar-refractivity contribution in [3.05, 3.63) is 70.9 Å². The Morgan fingerprint density at radius 1 is 1.25 bits per heavy atom. The number of rotatable bonds is 6. The van der Waals surface area contributed by atoms with E-state index in [2.05, 4.69) is 63.7 Å². The zero-order valence-electron chi connectivity index (χ0n) is 18.3. The van der Waals surface area contributed by atoms with Crippen LogP contribution in [0.1, 0.15) is 37.9 Å². The van der Waals surface area contributed by atoms with Crippen molar-refractivity contribution in [2.45, 2.75) is 26.8 Å². The van der Waals surface area contributed by atoms with Gasteiger partial charge in [-0.25, -0.2) is 0 Å². The Morgan fingerprint density at radius 2 is 2.09 bits per heavy atom. The highest BCUT2D eigenvalue weighted by Crippen LogP contribution is 2.35. The fourth-order valence-electron chi connectivity index (χ4n) is 3.46. The predicted octanol–water partition coefficient (Wildman–Crippen LogP) is 4.33. The molecule has 1 aliphatic heterocycles. The van der Waals surface area contributed by atoms with E-state index in [4.69, 9.17) is 18.0 Å². The number of benzene rings is 1. The summed E-state index contributed by atoms with van der Waals surface area (Å²) in [6.07, 6.45) is 12.9. The molecule has 0 bridgehead atoms. The Labute approximate surface area is 193 Å². The molecule has 0 amide bonds. The second-order valence-electron chi connectivity index (χ2n) is 8.82. The van der Waals surface area contributed by atoms with Crippen LogP contribution in [0.2, 0.25) is 5.02 Å².